The third-order valence-corrected chi connectivity index (χ3v) is 2.10. The first-order chi connectivity index (χ1) is 7.60. The van der Waals surface area contributed by atoms with Crippen LogP contribution in [-0.4, -0.2) is 13.2 Å². The number of hydrogen-bond donors (Lipinski definition) is 1. The fourth-order valence-corrected chi connectivity index (χ4v) is 1.43. The second-order valence-corrected chi connectivity index (χ2v) is 3.12. The number of rotatable bonds is 3. The Labute approximate surface area is 93.4 Å². The predicted molar refractivity (Wildman–Crippen MR) is 56.8 cm³/mol. The number of carbonyl (C=O) groups is 1. The maximum Gasteiger partial charge on any atom is 0.405 e. The average molecular weight is 220 g/mol. The summed E-state index contributed by atoms with van der Waals surface area (Å²) in [5.41, 5.74) is 5.93. The smallest absolute Gasteiger partial charge is 0.405 e. The van der Waals surface area contributed by atoms with Gasteiger partial charge in [-0.25, -0.2) is 4.79 Å². The third kappa shape index (κ3) is 2.42. The van der Waals surface area contributed by atoms with Gasteiger partial charge in [0.1, 0.15) is 17.9 Å². The quantitative estimate of drug-likeness (QED) is 0.840. The summed E-state index contributed by atoms with van der Waals surface area (Å²) in [6.45, 7) is 1.66. The first-order valence-corrected chi connectivity index (χ1v) is 4.63. The zero-order valence-corrected chi connectivity index (χ0v) is 9.06. The Morgan fingerprint density at radius 1 is 1.56 bits per heavy atom. The highest BCUT2D eigenvalue weighted by Crippen LogP contribution is 2.30. The fourth-order valence-electron chi connectivity index (χ4n) is 1.43. The molecule has 1 rings (SSSR count). The van der Waals surface area contributed by atoms with Gasteiger partial charge in [0.15, 0.2) is 0 Å². The van der Waals surface area contributed by atoms with E-state index < -0.39 is 12.2 Å². The largest absolute Gasteiger partial charge is 0.495 e. The maximum absolute atomic E-state index is 10.6. The molecule has 1 amide bonds. The van der Waals surface area contributed by atoms with Crippen LogP contribution in [0, 0.1) is 11.3 Å². The summed E-state index contributed by atoms with van der Waals surface area (Å²) in [4.78, 5) is 10.6. The zero-order valence-electron chi connectivity index (χ0n) is 9.06. The molecule has 0 spiro atoms. The van der Waals surface area contributed by atoms with Gasteiger partial charge in [0.2, 0.25) is 0 Å². The summed E-state index contributed by atoms with van der Waals surface area (Å²) in [6.07, 6.45) is -1.42. The number of carbonyl (C=O) groups excluding carboxylic acids is 1. The molecule has 0 bridgehead atoms. The van der Waals surface area contributed by atoms with Crippen LogP contribution in [0.15, 0.2) is 18.2 Å². The van der Waals surface area contributed by atoms with Crippen LogP contribution in [0.1, 0.15) is 24.2 Å². The van der Waals surface area contributed by atoms with Crippen molar-refractivity contribution in [1.82, 2.24) is 0 Å². The van der Waals surface area contributed by atoms with Crippen molar-refractivity contribution in [3.8, 4) is 11.8 Å². The van der Waals surface area contributed by atoms with Crippen molar-refractivity contribution in [1.29, 1.82) is 5.26 Å². The summed E-state index contributed by atoms with van der Waals surface area (Å²) in [5, 5.41) is 8.88. The van der Waals surface area contributed by atoms with Crippen LogP contribution >= 0.6 is 0 Å². The molecule has 0 aliphatic carbocycles. The number of para-hydroxylation sites is 1. The fraction of sp³-hybridized carbons (Fsp3) is 0.273. The van der Waals surface area contributed by atoms with Crippen LogP contribution in [0.2, 0.25) is 0 Å². The second-order valence-electron chi connectivity index (χ2n) is 3.12. The molecule has 0 heterocycles. The van der Waals surface area contributed by atoms with E-state index in [1.54, 1.807) is 25.1 Å². The van der Waals surface area contributed by atoms with Gasteiger partial charge in [0.25, 0.3) is 0 Å². The van der Waals surface area contributed by atoms with Gasteiger partial charge in [-0.2, -0.15) is 5.26 Å². The van der Waals surface area contributed by atoms with E-state index in [0.717, 1.165) is 0 Å². The summed E-state index contributed by atoms with van der Waals surface area (Å²) in [7, 11) is 1.46. The number of nitrogens with two attached hydrogens (primary N) is 1. The van der Waals surface area contributed by atoms with Gasteiger partial charge in [0.05, 0.1) is 12.7 Å². The Hall–Kier alpha value is -2.22. The molecular formula is C11H12N2O3. The van der Waals surface area contributed by atoms with Crippen LogP contribution in [0.3, 0.4) is 0 Å². The van der Waals surface area contributed by atoms with Crippen molar-refractivity contribution in [3.63, 3.8) is 0 Å². The average Bonchev–Trinajstić information content (AvgIpc) is 2.26. The molecule has 84 valence electrons. The van der Waals surface area contributed by atoms with E-state index in [2.05, 4.69) is 0 Å². The minimum absolute atomic E-state index is 0.389. The molecule has 5 heteroatoms. The molecule has 0 aliphatic rings. The van der Waals surface area contributed by atoms with E-state index in [9.17, 15) is 4.79 Å². The highest BCUT2D eigenvalue weighted by molar-refractivity contribution is 5.65. The highest BCUT2D eigenvalue weighted by atomic mass is 16.6. The molecule has 16 heavy (non-hydrogen) atoms. The molecule has 0 radical (unpaired) electrons. The van der Waals surface area contributed by atoms with Gasteiger partial charge >= 0.3 is 6.09 Å². The number of ether oxygens (including phenoxy) is 2. The van der Waals surface area contributed by atoms with E-state index in [0.29, 0.717) is 16.9 Å². The third-order valence-electron chi connectivity index (χ3n) is 2.10. The van der Waals surface area contributed by atoms with Crippen LogP contribution < -0.4 is 10.5 Å². The summed E-state index contributed by atoms with van der Waals surface area (Å²) >= 11 is 0. The number of hydrogen-bond acceptors (Lipinski definition) is 4. The van der Waals surface area contributed by atoms with Crippen molar-refractivity contribution >= 4 is 6.09 Å². The van der Waals surface area contributed by atoms with Crippen LogP contribution in [0.25, 0.3) is 0 Å². The molecular weight excluding hydrogens is 208 g/mol. The lowest BCUT2D eigenvalue weighted by molar-refractivity contribution is 0.115. The molecule has 1 atom stereocenters. The van der Waals surface area contributed by atoms with Crippen molar-refractivity contribution in [2.45, 2.75) is 13.0 Å². The molecule has 0 saturated heterocycles. The van der Waals surface area contributed by atoms with Crippen LogP contribution in [0.4, 0.5) is 4.79 Å². The number of amides is 1. The van der Waals surface area contributed by atoms with Gasteiger partial charge < -0.3 is 15.2 Å². The number of methoxy groups -OCH3 is 1. The zero-order chi connectivity index (χ0) is 12.1. The normalized spacial score (nSPS) is 11.3. The molecule has 0 aliphatic heterocycles. The lowest BCUT2D eigenvalue weighted by Crippen LogP contribution is -2.16. The van der Waals surface area contributed by atoms with Crippen molar-refractivity contribution in [2.75, 3.05) is 7.11 Å². The highest BCUT2D eigenvalue weighted by Gasteiger charge is 2.16. The topological polar surface area (TPSA) is 85.3 Å². The van der Waals surface area contributed by atoms with Crippen molar-refractivity contribution in [3.05, 3.63) is 29.3 Å². The van der Waals surface area contributed by atoms with Gasteiger partial charge in [-0.15, -0.1) is 0 Å². The van der Waals surface area contributed by atoms with Gasteiger partial charge in [-0.05, 0) is 13.0 Å². The monoisotopic (exact) mass is 220 g/mol. The van der Waals surface area contributed by atoms with Gasteiger partial charge in [-0.3, -0.25) is 0 Å². The molecule has 0 aromatic heterocycles. The molecule has 5 nitrogen and oxygen atoms in total. The molecule has 0 unspecified atom stereocenters. The van der Waals surface area contributed by atoms with Gasteiger partial charge in [0, 0.05) is 5.56 Å². The number of benzene rings is 1. The SMILES string of the molecule is COc1c(C#N)cccc1[C@@H](C)OC(N)=O. The van der Waals surface area contributed by atoms with E-state index >= 15 is 0 Å². The first-order valence-electron chi connectivity index (χ1n) is 4.63. The lowest BCUT2D eigenvalue weighted by atomic mass is 10.1. The van der Waals surface area contributed by atoms with E-state index in [-0.39, 0.29) is 0 Å². The van der Waals surface area contributed by atoms with Crippen LogP contribution in [0.5, 0.6) is 5.75 Å². The first kappa shape index (κ1) is 11.9. The molecule has 1 aromatic rings. The van der Waals surface area contributed by atoms with Crippen molar-refractivity contribution in [2.24, 2.45) is 5.73 Å². The Kier molecular flexibility index (Phi) is 3.72. The van der Waals surface area contributed by atoms with E-state index in [4.69, 9.17) is 20.5 Å². The van der Waals surface area contributed by atoms with Gasteiger partial charge in [-0.1, -0.05) is 12.1 Å². The Bertz CT molecular complexity index is 437. The predicted octanol–water partition coefficient (Wildman–Crippen LogP) is 1.72. The number of nitrogens with zero attached hydrogens (tertiary/aromatic N) is 1. The second kappa shape index (κ2) is 5.03. The summed E-state index contributed by atoms with van der Waals surface area (Å²) in [6, 6.07) is 7.03. The minimum Gasteiger partial charge on any atom is -0.495 e. The Morgan fingerprint density at radius 3 is 2.75 bits per heavy atom. The summed E-state index contributed by atoms with van der Waals surface area (Å²) < 4.78 is 9.94. The molecule has 2 N–H and O–H groups in total. The standard InChI is InChI=1S/C11H12N2O3/c1-7(16-11(13)14)9-5-3-4-8(6-12)10(9)15-2/h3-5,7H,1-2H3,(H2,13,14)/t7-/m1/s1. The van der Waals surface area contributed by atoms with E-state index in [1.807, 2.05) is 6.07 Å². The summed E-state index contributed by atoms with van der Waals surface area (Å²) in [5.74, 6) is 0.402. The molecule has 1 aromatic carbocycles. The Morgan fingerprint density at radius 2 is 2.25 bits per heavy atom. The number of nitriles is 1. The Balaban J connectivity index is 3.13. The number of primary amides is 1. The van der Waals surface area contributed by atoms with Crippen LogP contribution in [-0.2, 0) is 4.74 Å². The maximum atomic E-state index is 10.6. The molecule has 0 fully saturated rings. The van der Waals surface area contributed by atoms with E-state index in [1.165, 1.54) is 7.11 Å². The molecule has 0 saturated carbocycles. The lowest BCUT2D eigenvalue weighted by Gasteiger charge is -2.15. The van der Waals surface area contributed by atoms with Crippen molar-refractivity contribution < 1.29 is 14.3 Å². The minimum atomic E-state index is -0.864.